The second-order valence-corrected chi connectivity index (χ2v) is 6.64. The molecule has 0 bridgehead atoms. The monoisotopic (exact) mass is 409 g/mol. The van der Waals surface area contributed by atoms with Crippen molar-refractivity contribution in [2.75, 3.05) is 6.61 Å². The highest BCUT2D eigenvalue weighted by molar-refractivity contribution is 9.10. The Balaban J connectivity index is 2.32. The van der Waals surface area contributed by atoms with E-state index in [1.165, 1.54) is 12.1 Å². The van der Waals surface area contributed by atoms with E-state index in [2.05, 4.69) is 15.9 Å². The van der Waals surface area contributed by atoms with Crippen LogP contribution in [-0.4, -0.2) is 23.8 Å². The van der Waals surface area contributed by atoms with Gasteiger partial charge in [0, 0.05) is 17.0 Å². The Labute approximate surface area is 155 Å². The summed E-state index contributed by atoms with van der Waals surface area (Å²) in [5.74, 6) is -0.979. The van der Waals surface area contributed by atoms with E-state index in [0.29, 0.717) is 13.0 Å². The van der Waals surface area contributed by atoms with Crippen molar-refractivity contribution in [2.24, 2.45) is 0 Å². The van der Waals surface area contributed by atoms with Crippen LogP contribution < -0.4 is 5.48 Å². The number of hydrogen-bond donors (Lipinski definition) is 2. The van der Waals surface area contributed by atoms with Crippen LogP contribution in [0.2, 0.25) is 0 Å². The number of carbonyl (C=O) groups excluding carboxylic acids is 1. The molecule has 2 aromatic rings. The number of rotatable bonds is 8. The maximum atomic E-state index is 13.3. The summed E-state index contributed by atoms with van der Waals surface area (Å²) >= 11 is 3.41. The first kappa shape index (κ1) is 19.6. The molecular formula is C19H21BrFNO3. The number of hydroxylamine groups is 1. The highest BCUT2D eigenvalue weighted by atomic mass is 79.9. The van der Waals surface area contributed by atoms with E-state index >= 15 is 0 Å². The minimum Gasteiger partial charge on any atom is -0.377 e. The summed E-state index contributed by atoms with van der Waals surface area (Å²) in [5.41, 5.74) is 3.61. The molecule has 0 aliphatic rings. The molecule has 2 rings (SSSR count). The fraction of sp³-hybridized carbons (Fsp3) is 0.316. The number of hydrogen-bond acceptors (Lipinski definition) is 3. The van der Waals surface area contributed by atoms with Gasteiger partial charge in [-0.3, -0.25) is 10.0 Å². The van der Waals surface area contributed by atoms with Gasteiger partial charge in [-0.05, 0) is 48.7 Å². The molecule has 2 N–H and O–H groups in total. The molecule has 0 saturated carbocycles. The van der Waals surface area contributed by atoms with Crippen LogP contribution in [-0.2, 0) is 16.0 Å². The molecule has 0 fully saturated rings. The van der Waals surface area contributed by atoms with Crippen molar-refractivity contribution in [3.8, 4) is 0 Å². The average Bonchev–Trinajstić information content (AvgIpc) is 2.61. The third-order valence-corrected chi connectivity index (χ3v) is 4.54. The molecule has 0 unspecified atom stereocenters. The zero-order chi connectivity index (χ0) is 18.2. The Bertz CT molecular complexity index is 676. The van der Waals surface area contributed by atoms with Crippen molar-refractivity contribution in [3.63, 3.8) is 0 Å². The zero-order valence-electron chi connectivity index (χ0n) is 13.9. The molecule has 1 amide bonds. The van der Waals surface area contributed by atoms with Gasteiger partial charge in [-0.1, -0.05) is 40.2 Å². The second-order valence-electron chi connectivity index (χ2n) is 5.72. The number of nitrogens with one attached hydrogen (secondary N) is 1. The van der Waals surface area contributed by atoms with E-state index in [9.17, 15) is 9.18 Å². The minimum absolute atomic E-state index is 0.0168. The lowest BCUT2D eigenvalue weighted by atomic mass is 9.85. The second kappa shape index (κ2) is 9.65. The van der Waals surface area contributed by atoms with E-state index in [1.807, 2.05) is 31.2 Å². The summed E-state index contributed by atoms with van der Waals surface area (Å²) in [6, 6.07) is 14.1. The first-order chi connectivity index (χ1) is 12.0. The van der Waals surface area contributed by atoms with Crippen molar-refractivity contribution in [3.05, 3.63) is 69.9 Å². The highest BCUT2D eigenvalue weighted by Crippen LogP contribution is 2.29. The topological polar surface area (TPSA) is 58.6 Å². The molecule has 2 atom stereocenters. The predicted molar refractivity (Wildman–Crippen MR) is 96.9 cm³/mol. The number of carbonyl (C=O) groups is 1. The van der Waals surface area contributed by atoms with Crippen LogP contribution in [0.4, 0.5) is 4.39 Å². The number of halogens is 2. The van der Waals surface area contributed by atoms with Gasteiger partial charge in [0.2, 0.25) is 5.91 Å². The van der Waals surface area contributed by atoms with Crippen LogP contribution in [0.15, 0.2) is 53.0 Å². The Hall–Kier alpha value is -1.76. The predicted octanol–water partition coefficient (Wildman–Crippen LogP) is 4.22. The number of amides is 1. The first-order valence-electron chi connectivity index (χ1n) is 8.08. The third-order valence-electron chi connectivity index (χ3n) is 4.01. The van der Waals surface area contributed by atoms with Gasteiger partial charge in [0.25, 0.3) is 0 Å². The summed E-state index contributed by atoms with van der Waals surface area (Å²) in [4.78, 5) is 11.7. The highest BCUT2D eigenvalue weighted by Gasteiger charge is 2.26. The van der Waals surface area contributed by atoms with E-state index in [4.69, 9.17) is 9.94 Å². The van der Waals surface area contributed by atoms with Gasteiger partial charge in [0.05, 0.1) is 12.5 Å². The van der Waals surface area contributed by atoms with Gasteiger partial charge in [0.15, 0.2) is 0 Å². The summed E-state index contributed by atoms with van der Waals surface area (Å²) < 4.78 is 20.1. The first-order valence-corrected chi connectivity index (χ1v) is 8.87. The van der Waals surface area contributed by atoms with Gasteiger partial charge in [-0.15, -0.1) is 0 Å². The third kappa shape index (κ3) is 5.92. The Morgan fingerprint density at radius 3 is 2.40 bits per heavy atom. The summed E-state index contributed by atoms with van der Waals surface area (Å²) in [5, 5.41) is 8.85. The quantitative estimate of drug-likeness (QED) is 0.506. The zero-order valence-corrected chi connectivity index (χ0v) is 15.5. The van der Waals surface area contributed by atoms with Gasteiger partial charge >= 0.3 is 0 Å². The van der Waals surface area contributed by atoms with Gasteiger partial charge in [-0.2, -0.15) is 0 Å². The summed E-state index contributed by atoms with van der Waals surface area (Å²) in [6.45, 7) is 2.28. The van der Waals surface area contributed by atoms with Crippen LogP contribution in [0.1, 0.15) is 30.4 Å². The average molecular weight is 410 g/mol. The number of ether oxygens (including phenoxy) is 1. The standard InChI is InChI=1S/C19H21BrFNO3/c1-2-25-18(12-19(23)22-24)17(14-5-9-16(21)10-6-14)11-13-3-7-15(20)8-4-13/h3-10,17-18,24H,2,11-12H2,1H3,(H,22,23)/t17-,18-/m1/s1. The molecule has 0 aliphatic heterocycles. The maximum absolute atomic E-state index is 13.3. The molecular weight excluding hydrogens is 389 g/mol. The fourth-order valence-corrected chi connectivity index (χ4v) is 3.07. The number of benzene rings is 2. The van der Waals surface area contributed by atoms with Crippen LogP contribution >= 0.6 is 15.9 Å². The Morgan fingerprint density at radius 2 is 1.84 bits per heavy atom. The Kier molecular flexibility index (Phi) is 7.55. The largest absolute Gasteiger partial charge is 0.377 e. The van der Waals surface area contributed by atoms with Gasteiger partial charge < -0.3 is 4.74 Å². The molecule has 134 valence electrons. The van der Waals surface area contributed by atoms with Gasteiger partial charge in [0.1, 0.15) is 5.82 Å². The normalized spacial score (nSPS) is 13.3. The summed E-state index contributed by atoms with van der Waals surface area (Å²) in [7, 11) is 0. The van der Waals surface area contributed by atoms with E-state index < -0.39 is 12.0 Å². The molecule has 4 nitrogen and oxygen atoms in total. The molecule has 0 radical (unpaired) electrons. The van der Waals surface area contributed by atoms with Crippen molar-refractivity contribution >= 4 is 21.8 Å². The van der Waals surface area contributed by atoms with E-state index in [1.54, 1.807) is 17.6 Å². The smallest absolute Gasteiger partial charge is 0.245 e. The molecule has 0 aromatic heterocycles. The van der Waals surface area contributed by atoms with Crippen LogP contribution in [0.25, 0.3) is 0 Å². The minimum atomic E-state index is -0.513. The molecule has 25 heavy (non-hydrogen) atoms. The van der Waals surface area contributed by atoms with Crippen molar-refractivity contribution in [1.29, 1.82) is 0 Å². The lowest BCUT2D eigenvalue weighted by Crippen LogP contribution is -2.31. The summed E-state index contributed by atoms with van der Waals surface area (Å²) in [6.07, 6.45) is 0.205. The molecule has 2 aromatic carbocycles. The SMILES string of the molecule is CCO[C@H](CC(=O)NO)[C@H](Cc1ccc(Br)cc1)c1ccc(F)cc1. The lowest BCUT2D eigenvalue weighted by molar-refractivity contribution is -0.132. The van der Waals surface area contributed by atoms with Crippen LogP contribution in [0.5, 0.6) is 0 Å². The molecule has 0 saturated heterocycles. The molecule has 0 spiro atoms. The fourth-order valence-electron chi connectivity index (χ4n) is 2.81. The van der Waals surface area contributed by atoms with Crippen molar-refractivity contribution in [2.45, 2.75) is 31.8 Å². The van der Waals surface area contributed by atoms with Crippen LogP contribution in [0.3, 0.4) is 0 Å². The van der Waals surface area contributed by atoms with Crippen LogP contribution in [0, 0.1) is 5.82 Å². The Morgan fingerprint density at radius 1 is 1.20 bits per heavy atom. The van der Waals surface area contributed by atoms with Crippen molar-refractivity contribution in [1.82, 2.24) is 5.48 Å². The van der Waals surface area contributed by atoms with E-state index in [-0.39, 0.29) is 18.2 Å². The molecule has 6 heteroatoms. The van der Waals surface area contributed by atoms with Gasteiger partial charge in [-0.25, -0.2) is 9.87 Å². The lowest BCUT2D eigenvalue weighted by Gasteiger charge is -2.27. The molecule has 0 aliphatic carbocycles. The molecule has 0 heterocycles. The maximum Gasteiger partial charge on any atom is 0.245 e. The van der Waals surface area contributed by atoms with E-state index in [0.717, 1.165) is 15.6 Å². The van der Waals surface area contributed by atoms with Crippen molar-refractivity contribution < 1.29 is 19.1 Å².